The second-order valence-corrected chi connectivity index (χ2v) is 7.86. The highest BCUT2D eigenvalue weighted by atomic mass is 32.1. The molecule has 0 atom stereocenters. The minimum Gasteiger partial charge on any atom is -0.497 e. The zero-order valence-corrected chi connectivity index (χ0v) is 17.5. The van der Waals surface area contributed by atoms with Crippen molar-refractivity contribution < 1.29 is 9.53 Å². The molecule has 0 aliphatic carbocycles. The quantitative estimate of drug-likeness (QED) is 0.692. The second kappa shape index (κ2) is 10.4. The van der Waals surface area contributed by atoms with Crippen molar-refractivity contribution in [3.63, 3.8) is 0 Å². The van der Waals surface area contributed by atoms with E-state index < -0.39 is 0 Å². The standard InChI is InChI=1S/C20H29N5O2S/c1-24(15-19(26)21-9-12-25-10-4-3-5-11-25)20-22-18(23-28-20)14-16-7-6-8-17(13-16)27-2/h6-8,13H,3-5,9-12,14-15H2,1-2H3,(H,21,26). The Labute approximate surface area is 170 Å². The van der Waals surface area contributed by atoms with Crippen molar-refractivity contribution in [2.75, 3.05) is 51.8 Å². The van der Waals surface area contributed by atoms with Crippen LogP contribution in [0.25, 0.3) is 0 Å². The molecule has 3 rings (SSSR count). The Morgan fingerprint density at radius 1 is 1.32 bits per heavy atom. The summed E-state index contributed by atoms with van der Waals surface area (Å²) in [6.45, 7) is 4.21. The molecule has 1 fully saturated rings. The number of aromatic nitrogens is 2. The van der Waals surface area contributed by atoms with Gasteiger partial charge in [0.05, 0.1) is 13.7 Å². The number of carbonyl (C=O) groups is 1. The molecule has 0 spiro atoms. The van der Waals surface area contributed by atoms with Gasteiger partial charge in [0.15, 0.2) is 0 Å². The molecule has 1 aliphatic heterocycles. The van der Waals surface area contributed by atoms with E-state index in [1.54, 1.807) is 7.11 Å². The molecule has 0 saturated carbocycles. The predicted molar refractivity (Wildman–Crippen MR) is 112 cm³/mol. The number of likely N-dealkylation sites (N-methyl/N-ethyl adjacent to an activating group) is 1. The Morgan fingerprint density at radius 2 is 2.14 bits per heavy atom. The van der Waals surface area contributed by atoms with Crippen LogP contribution in [0.2, 0.25) is 0 Å². The van der Waals surface area contributed by atoms with Gasteiger partial charge < -0.3 is 19.9 Å². The zero-order chi connectivity index (χ0) is 19.8. The van der Waals surface area contributed by atoms with E-state index in [0.29, 0.717) is 13.0 Å². The lowest BCUT2D eigenvalue weighted by molar-refractivity contribution is -0.119. The van der Waals surface area contributed by atoms with Gasteiger partial charge in [-0.05, 0) is 43.6 Å². The van der Waals surface area contributed by atoms with Crippen LogP contribution >= 0.6 is 11.5 Å². The highest BCUT2D eigenvalue weighted by Crippen LogP contribution is 2.19. The molecule has 1 aliphatic rings. The van der Waals surface area contributed by atoms with Crippen molar-refractivity contribution in [2.45, 2.75) is 25.7 Å². The fourth-order valence-corrected chi connectivity index (χ4v) is 3.95. The fourth-order valence-electron chi connectivity index (χ4n) is 3.31. The van der Waals surface area contributed by atoms with E-state index in [4.69, 9.17) is 4.74 Å². The molecule has 0 unspecified atom stereocenters. The van der Waals surface area contributed by atoms with Crippen LogP contribution in [0.3, 0.4) is 0 Å². The minimum atomic E-state index is 0.0176. The maximum Gasteiger partial charge on any atom is 0.239 e. The highest BCUT2D eigenvalue weighted by Gasteiger charge is 2.14. The molecule has 28 heavy (non-hydrogen) atoms. The summed E-state index contributed by atoms with van der Waals surface area (Å²) in [5.74, 6) is 1.60. The van der Waals surface area contributed by atoms with E-state index >= 15 is 0 Å². The summed E-state index contributed by atoms with van der Waals surface area (Å²) in [7, 11) is 3.53. The fraction of sp³-hybridized carbons (Fsp3) is 0.550. The second-order valence-electron chi connectivity index (χ2n) is 7.13. The number of amides is 1. The third kappa shape index (κ3) is 6.17. The molecule has 1 saturated heterocycles. The average molecular weight is 404 g/mol. The van der Waals surface area contributed by atoms with E-state index in [2.05, 4.69) is 19.6 Å². The number of carbonyl (C=O) groups excluding carboxylic acids is 1. The van der Waals surface area contributed by atoms with Gasteiger partial charge in [-0.1, -0.05) is 18.6 Å². The Balaban J connectivity index is 1.43. The number of nitrogens with one attached hydrogen (secondary N) is 1. The summed E-state index contributed by atoms with van der Waals surface area (Å²) in [5.41, 5.74) is 1.10. The normalized spacial score (nSPS) is 14.6. The number of ether oxygens (including phenoxy) is 1. The molecule has 7 nitrogen and oxygen atoms in total. The van der Waals surface area contributed by atoms with Gasteiger partial charge >= 0.3 is 0 Å². The minimum absolute atomic E-state index is 0.0176. The Kier molecular flexibility index (Phi) is 7.62. The summed E-state index contributed by atoms with van der Waals surface area (Å²) < 4.78 is 9.69. The van der Waals surface area contributed by atoms with Gasteiger partial charge in [0.25, 0.3) is 0 Å². The van der Waals surface area contributed by atoms with Crippen LogP contribution < -0.4 is 15.0 Å². The number of piperidine rings is 1. The van der Waals surface area contributed by atoms with Crippen LogP contribution in [0.1, 0.15) is 30.7 Å². The molecule has 1 aromatic carbocycles. The van der Waals surface area contributed by atoms with Crippen LogP contribution in [0.5, 0.6) is 5.75 Å². The molecule has 2 heterocycles. The number of anilines is 1. The molecule has 1 N–H and O–H groups in total. The van der Waals surface area contributed by atoms with Crippen molar-refractivity contribution in [2.24, 2.45) is 0 Å². The average Bonchev–Trinajstić information content (AvgIpc) is 3.17. The largest absolute Gasteiger partial charge is 0.497 e. The zero-order valence-electron chi connectivity index (χ0n) is 16.7. The van der Waals surface area contributed by atoms with Crippen molar-refractivity contribution >= 4 is 22.6 Å². The van der Waals surface area contributed by atoms with Gasteiger partial charge in [0, 0.05) is 38.1 Å². The number of likely N-dealkylation sites (tertiary alicyclic amines) is 1. The van der Waals surface area contributed by atoms with E-state index in [0.717, 1.165) is 41.9 Å². The summed E-state index contributed by atoms with van der Waals surface area (Å²) in [5, 5.41) is 3.76. The lowest BCUT2D eigenvalue weighted by atomic mass is 10.1. The van der Waals surface area contributed by atoms with Crippen molar-refractivity contribution in [1.82, 2.24) is 19.6 Å². The number of benzene rings is 1. The maximum absolute atomic E-state index is 12.2. The molecule has 1 amide bonds. The molecule has 0 bridgehead atoms. The van der Waals surface area contributed by atoms with E-state index in [1.165, 1.54) is 30.8 Å². The Hall–Kier alpha value is -2.19. The van der Waals surface area contributed by atoms with E-state index in [9.17, 15) is 4.79 Å². The molecule has 8 heteroatoms. The van der Waals surface area contributed by atoms with Gasteiger partial charge in [0.2, 0.25) is 11.0 Å². The first kappa shape index (κ1) is 20.5. The third-order valence-electron chi connectivity index (χ3n) is 4.86. The molecule has 2 aromatic rings. The van der Waals surface area contributed by atoms with Crippen molar-refractivity contribution in [1.29, 1.82) is 0 Å². The lowest BCUT2D eigenvalue weighted by Crippen LogP contribution is -2.41. The van der Waals surface area contributed by atoms with Crippen molar-refractivity contribution in [3.8, 4) is 5.75 Å². The maximum atomic E-state index is 12.2. The smallest absolute Gasteiger partial charge is 0.239 e. The molecular formula is C20H29N5O2S. The number of nitrogens with zero attached hydrogens (tertiary/aromatic N) is 4. The molecular weight excluding hydrogens is 374 g/mol. The van der Waals surface area contributed by atoms with Crippen LogP contribution in [0.4, 0.5) is 5.13 Å². The first-order chi connectivity index (χ1) is 13.6. The third-order valence-corrected chi connectivity index (χ3v) is 5.73. The molecule has 152 valence electrons. The monoisotopic (exact) mass is 403 g/mol. The summed E-state index contributed by atoms with van der Waals surface area (Å²) >= 11 is 1.32. The van der Waals surface area contributed by atoms with Gasteiger partial charge in [0.1, 0.15) is 11.6 Å². The molecule has 0 radical (unpaired) electrons. The van der Waals surface area contributed by atoms with Crippen LogP contribution in [0, 0.1) is 0 Å². The van der Waals surface area contributed by atoms with E-state index in [1.807, 2.05) is 36.2 Å². The number of methoxy groups -OCH3 is 1. The number of hydrogen-bond donors (Lipinski definition) is 1. The Bertz CT molecular complexity index is 761. The summed E-state index contributed by atoms with van der Waals surface area (Å²) in [4.78, 5) is 21.1. The van der Waals surface area contributed by atoms with Gasteiger partial charge in [-0.25, -0.2) is 4.98 Å². The first-order valence-corrected chi connectivity index (χ1v) is 10.6. The first-order valence-electron chi connectivity index (χ1n) is 9.80. The predicted octanol–water partition coefficient (Wildman–Crippen LogP) is 2.18. The lowest BCUT2D eigenvalue weighted by Gasteiger charge is -2.26. The Morgan fingerprint density at radius 3 is 2.93 bits per heavy atom. The van der Waals surface area contributed by atoms with Crippen molar-refractivity contribution in [3.05, 3.63) is 35.7 Å². The van der Waals surface area contributed by atoms with E-state index in [-0.39, 0.29) is 12.5 Å². The van der Waals surface area contributed by atoms with Crippen LogP contribution in [0.15, 0.2) is 24.3 Å². The van der Waals surface area contributed by atoms with Gasteiger partial charge in [-0.3, -0.25) is 4.79 Å². The SMILES string of the molecule is COc1cccc(Cc2nsc(N(C)CC(=O)NCCN3CCCCC3)n2)c1. The topological polar surface area (TPSA) is 70.6 Å². The number of hydrogen-bond acceptors (Lipinski definition) is 7. The van der Waals surface area contributed by atoms with Crippen LogP contribution in [-0.4, -0.2) is 67.0 Å². The highest BCUT2D eigenvalue weighted by molar-refractivity contribution is 7.09. The molecule has 1 aromatic heterocycles. The van der Waals surface area contributed by atoms with Crippen LogP contribution in [-0.2, 0) is 11.2 Å². The van der Waals surface area contributed by atoms with Gasteiger partial charge in [-0.15, -0.1) is 0 Å². The summed E-state index contributed by atoms with van der Waals surface area (Å²) in [6, 6.07) is 7.89. The summed E-state index contributed by atoms with van der Waals surface area (Å²) in [6.07, 6.45) is 4.51. The van der Waals surface area contributed by atoms with Gasteiger partial charge in [-0.2, -0.15) is 4.37 Å². The number of rotatable bonds is 9.